The zero-order chi connectivity index (χ0) is 22.9. The zero-order valence-electron chi connectivity index (χ0n) is 17.4. The molecular formula is C22H24N4O6. The van der Waals surface area contributed by atoms with Crippen LogP contribution in [-0.2, 0) is 19.1 Å². The molecule has 32 heavy (non-hydrogen) atoms. The van der Waals surface area contributed by atoms with E-state index in [0.29, 0.717) is 26.1 Å². The topological polar surface area (TPSA) is 131 Å². The molecule has 1 heterocycles. The average molecular weight is 440 g/mol. The average Bonchev–Trinajstić information content (AvgIpc) is 2.82. The number of benzene rings is 2. The maximum Gasteiger partial charge on any atom is 0.313 e. The van der Waals surface area contributed by atoms with Gasteiger partial charge in [-0.1, -0.05) is 30.3 Å². The van der Waals surface area contributed by atoms with Crippen LogP contribution in [0.3, 0.4) is 0 Å². The summed E-state index contributed by atoms with van der Waals surface area (Å²) in [7, 11) is 0. The second-order valence-corrected chi connectivity index (χ2v) is 7.23. The van der Waals surface area contributed by atoms with Crippen LogP contribution in [0.1, 0.15) is 24.5 Å². The summed E-state index contributed by atoms with van der Waals surface area (Å²) in [5.74, 6) is -1.76. The van der Waals surface area contributed by atoms with E-state index in [1.807, 2.05) is 30.3 Å². The number of amides is 3. The Hall–Kier alpha value is -3.79. The number of hydrogen-bond donors (Lipinski definition) is 2. The van der Waals surface area contributed by atoms with Crippen molar-refractivity contribution in [2.45, 2.75) is 18.9 Å². The largest absolute Gasteiger partial charge is 0.370 e. The molecule has 168 valence electrons. The van der Waals surface area contributed by atoms with Crippen molar-refractivity contribution in [1.29, 1.82) is 0 Å². The van der Waals surface area contributed by atoms with Crippen molar-refractivity contribution < 1.29 is 24.0 Å². The highest BCUT2D eigenvalue weighted by atomic mass is 16.6. The summed E-state index contributed by atoms with van der Waals surface area (Å²) in [6, 6.07) is 14.9. The van der Waals surface area contributed by atoms with Gasteiger partial charge in [-0.3, -0.25) is 24.5 Å². The van der Waals surface area contributed by atoms with Crippen LogP contribution >= 0.6 is 0 Å². The maximum absolute atomic E-state index is 12.5. The Morgan fingerprint density at radius 1 is 1.06 bits per heavy atom. The van der Waals surface area contributed by atoms with E-state index in [2.05, 4.69) is 10.6 Å². The summed E-state index contributed by atoms with van der Waals surface area (Å²) in [6.45, 7) is 1.63. The molecule has 0 spiro atoms. The Labute approximate surface area is 184 Å². The molecule has 1 fully saturated rings. The molecule has 2 N–H and O–H groups in total. The van der Waals surface area contributed by atoms with E-state index in [-0.39, 0.29) is 36.4 Å². The number of nitrogens with one attached hydrogen (secondary N) is 2. The van der Waals surface area contributed by atoms with Gasteiger partial charge in [-0.15, -0.1) is 0 Å². The number of non-ortho nitro benzene ring substituents is 1. The molecule has 0 aromatic heterocycles. The monoisotopic (exact) mass is 440 g/mol. The Morgan fingerprint density at radius 2 is 1.78 bits per heavy atom. The molecule has 2 aromatic rings. The van der Waals surface area contributed by atoms with Crippen LogP contribution in [-0.4, -0.2) is 53.8 Å². The fraction of sp³-hybridized carbons (Fsp3) is 0.318. The van der Waals surface area contributed by atoms with Gasteiger partial charge in [-0.25, -0.2) is 0 Å². The Bertz CT molecular complexity index is 964. The minimum absolute atomic E-state index is 0.0289. The first kappa shape index (κ1) is 22.9. The van der Waals surface area contributed by atoms with Gasteiger partial charge < -0.3 is 20.3 Å². The molecule has 0 aliphatic carbocycles. The number of nitro groups is 1. The van der Waals surface area contributed by atoms with Gasteiger partial charge in [0, 0.05) is 37.3 Å². The normalized spacial score (nSPS) is 15.6. The van der Waals surface area contributed by atoms with Crippen molar-refractivity contribution in [2.24, 2.45) is 0 Å². The predicted molar refractivity (Wildman–Crippen MR) is 116 cm³/mol. The van der Waals surface area contributed by atoms with Crippen LogP contribution in [0.5, 0.6) is 0 Å². The van der Waals surface area contributed by atoms with E-state index in [4.69, 9.17) is 4.74 Å². The third-order valence-corrected chi connectivity index (χ3v) is 4.99. The van der Waals surface area contributed by atoms with Gasteiger partial charge in [0.1, 0.15) is 6.10 Å². The molecule has 3 amide bonds. The number of nitro benzene ring substituents is 1. The number of nitrogens with zero attached hydrogens (tertiary/aromatic N) is 2. The number of morpholine rings is 1. The third kappa shape index (κ3) is 6.35. The molecule has 1 aliphatic rings. The molecule has 0 saturated carbocycles. The van der Waals surface area contributed by atoms with E-state index in [0.717, 1.165) is 5.56 Å². The molecule has 0 bridgehead atoms. The molecular weight excluding hydrogens is 416 g/mol. The van der Waals surface area contributed by atoms with Crippen molar-refractivity contribution in [3.8, 4) is 0 Å². The first-order valence-electron chi connectivity index (χ1n) is 10.2. The van der Waals surface area contributed by atoms with Crippen LogP contribution in [0.15, 0.2) is 54.6 Å². The summed E-state index contributed by atoms with van der Waals surface area (Å²) in [6.07, 6.45) is 0.478. The number of carbonyl (C=O) groups is 3. The predicted octanol–water partition coefficient (Wildman–Crippen LogP) is 2.03. The standard InChI is InChI=1S/C22H24N4O6/c27-20(25-13-14-32-19(15-25)16-5-2-1-3-6-16)7-4-12-23-21(28)22(29)24-17-8-10-18(11-9-17)26(30)31/h1-3,5-6,8-11,19H,4,7,12-15H2,(H,23,28)(H,24,29). The molecule has 2 aromatic carbocycles. The fourth-order valence-electron chi connectivity index (χ4n) is 3.28. The van der Waals surface area contributed by atoms with Crippen molar-refractivity contribution in [2.75, 3.05) is 31.6 Å². The number of anilines is 1. The van der Waals surface area contributed by atoms with Crippen LogP contribution in [0.4, 0.5) is 11.4 Å². The highest BCUT2D eigenvalue weighted by Gasteiger charge is 2.25. The van der Waals surface area contributed by atoms with Gasteiger partial charge in [0.25, 0.3) is 5.69 Å². The Morgan fingerprint density at radius 3 is 2.47 bits per heavy atom. The molecule has 1 aliphatic heterocycles. The van der Waals surface area contributed by atoms with Crippen LogP contribution in [0.25, 0.3) is 0 Å². The maximum atomic E-state index is 12.5. The fourth-order valence-corrected chi connectivity index (χ4v) is 3.28. The Balaban J connectivity index is 1.37. The summed E-state index contributed by atoms with van der Waals surface area (Å²) in [5.41, 5.74) is 1.18. The lowest BCUT2D eigenvalue weighted by atomic mass is 10.1. The number of rotatable bonds is 7. The van der Waals surface area contributed by atoms with E-state index in [9.17, 15) is 24.5 Å². The number of carbonyl (C=O) groups excluding carboxylic acids is 3. The van der Waals surface area contributed by atoms with Gasteiger partial charge in [-0.2, -0.15) is 0 Å². The van der Waals surface area contributed by atoms with E-state index in [1.54, 1.807) is 4.90 Å². The van der Waals surface area contributed by atoms with Crippen molar-refractivity contribution >= 4 is 29.1 Å². The molecule has 1 atom stereocenters. The first-order chi connectivity index (χ1) is 15.4. The number of ether oxygens (including phenoxy) is 1. The lowest BCUT2D eigenvalue weighted by Crippen LogP contribution is -2.42. The van der Waals surface area contributed by atoms with E-state index >= 15 is 0 Å². The zero-order valence-corrected chi connectivity index (χ0v) is 17.4. The smallest absolute Gasteiger partial charge is 0.313 e. The Kier molecular flexibility index (Phi) is 7.87. The van der Waals surface area contributed by atoms with Gasteiger partial charge in [0.15, 0.2) is 0 Å². The summed E-state index contributed by atoms with van der Waals surface area (Å²) in [5, 5.41) is 15.5. The second-order valence-electron chi connectivity index (χ2n) is 7.23. The molecule has 0 radical (unpaired) electrons. The van der Waals surface area contributed by atoms with Crippen molar-refractivity contribution in [3.05, 3.63) is 70.3 Å². The molecule has 10 nitrogen and oxygen atoms in total. The van der Waals surface area contributed by atoms with Crippen LogP contribution in [0, 0.1) is 10.1 Å². The summed E-state index contributed by atoms with van der Waals surface area (Å²) < 4.78 is 5.77. The van der Waals surface area contributed by atoms with Crippen LogP contribution in [0.2, 0.25) is 0 Å². The highest BCUT2D eigenvalue weighted by Crippen LogP contribution is 2.22. The minimum Gasteiger partial charge on any atom is -0.370 e. The van der Waals surface area contributed by atoms with Gasteiger partial charge >= 0.3 is 11.8 Å². The number of hydrogen-bond acceptors (Lipinski definition) is 6. The SMILES string of the molecule is O=C(NCCCC(=O)N1CCOC(c2ccccc2)C1)C(=O)Nc1ccc([N+](=O)[O-])cc1. The van der Waals surface area contributed by atoms with Gasteiger partial charge in [0.05, 0.1) is 18.1 Å². The van der Waals surface area contributed by atoms with E-state index < -0.39 is 16.7 Å². The minimum atomic E-state index is -0.885. The first-order valence-corrected chi connectivity index (χ1v) is 10.2. The molecule has 1 saturated heterocycles. The molecule has 3 rings (SSSR count). The van der Waals surface area contributed by atoms with Crippen molar-refractivity contribution in [3.63, 3.8) is 0 Å². The lowest BCUT2D eigenvalue weighted by molar-refractivity contribution is -0.384. The van der Waals surface area contributed by atoms with Crippen molar-refractivity contribution in [1.82, 2.24) is 10.2 Å². The second kappa shape index (κ2) is 11.0. The third-order valence-electron chi connectivity index (χ3n) is 4.99. The van der Waals surface area contributed by atoms with E-state index in [1.165, 1.54) is 24.3 Å². The lowest BCUT2D eigenvalue weighted by Gasteiger charge is -2.33. The summed E-state index contributed by atoms with van der Waals surface area (Å²) in [4.78, 5) is 48.2. The van der Waals surface area contributed by atoms with Gasteiger partial charge in [0.2, 0.25) is 5.91 Å². The molecule has 10 heteroatoms. The highest BCUT2D eigenvalue weighted by molar-refractivity contribution is 6.39. The quantitative estimate of drug-likeness (QED) is 0.293. The van der Waals surface area contributed by atoms with Crippen LogP contribution < -0.4 is 10.6 Å². The van der Waals surface area contributed by atoms with Gasteiger partial charge in [-0.05, 0) is 24.1 Å². The molecule has 1 unspecified atom stereocenters. The summed E-state index contributed by atoms with van der Waals surface area (Å²) >= 11 is 0.